The number of allylic oxidation sites excluding steroid dienone is 2. The van der Waals surface area contributed by atoms with E-state index in [0.29, 0.717) is 5.75 Å². The smallest absolute Gasteiger partial charge is 0.239 e. The van der Waals surface area contributed by atoms with Crippen LogP contribution in [0.25, 0.3) is 22.3 Å². The molecular weight excluding hydrogens is 772 g/mol. The number of aliphatic hydroxyl groups excluding tert-OH is 9. The third-order valence-corrected chi connectivity index (χ3v) is 10.4. The lowest BCUT2D eigenvalue weighted by Crippen LogP contribution is -2.63. The number of hydrogen-bond donors (Lipinski definition) is 10. The molecule has 58 heavy (non-hydrogen) atoms. The van der Waals surface area contributed by atoms with Gasteiger partial charge in [0.15, 0.2) is 18.2 Å². The van der Waals surface area contributed by atoms with E-state index in [4.69, 9.17) is 37.6 Å². The first-order valence-corrected chi connectivity index (χ1v) is 18.6. The maximum Gasteiger partial charge on any atom is 0.239 e. The van der Waals surface area contributed by atoms with Crippen LogP contribution in [0.3, 0.4) is 0 Å². The summed E-state index contributed by atoms with van der Waals surface area (Å²) in [5.74, 6) is -1.22. The van der Waals surface area contributed by atoms with E-state index in [1.54, 1.807) is 18.2 Å². The lowest BCUT2D eigenvalue weighted by atomic mass is 9.98. The average molecular weight is 823 g/mol. The van der Waals surface area contributed by atoms with E-state index in [2.05, 4.69) is 0 Å². The Morgan fingerprint density at radius 1 is 0.759 bits per heavy atom. The lowest BCUT2D eigenvalue weighted by molar-refractivity contribution is -0.352. The highest BCUT2D eigenvalue weighted by molar-refractivity contribution is 5.91. The van der Waals surface area contributed by atoms with Gasteiger partial charge >= 0.3 is 0 Å². The maximum atomic E-state index is 14.7. The zero-order valence-corrected chi connectivity index (χ0v) is 32.2. The van der Waals surface area contributed by atoms with E-state index in [1.807, 2.05) is 13.8 Å². The fourth-order valence-electron chi connectivity index (χ4n) is 6.93. The van der Waals surface area contributed by atoms with Crippen molar-refractivity contribution in [2.45, 2.75) is 126 Å². The molecule has 1 unspecified atom stereocenters. The van der Waals surface area contributed by atoms with Gasteiger partial charge in [-0.15, -0.1) is 0 Å². The Labute approximate surface area is 331 Å². The van der Waals surface area contributed by atoms with E-state index < -0.39 is 121 Å². The highest BCUT2D eigenvalue weighted by atomic mass is 16.8. The van der Waals surface area contributed by atoms with E-state index >= 15 is 0 Å². The molecule has 15 atom stereocenters. The van der Waals surface area contributed by atoms with Gasteiger partial charge in [-0.1, -0.05) is 11.6 Å². The third-order valence-electron chi connectivity index (χ3n) is 10.4. The molecule has 0 amide bonds. The fraction of sp³-hybridized carbons (Fsp3) is 0.564. The summed E-state index contributed by atoms with van der Waals surface area (Å²) >= 11 is 0. The van der Waals surface area contributed by atoms with Crippen molar-refractivity contribution in [1.82, 2.24) is 0 Å². The van der Waals surface area contributed by atoms with Crippen LogP contribution in [0, 0.1) is 0 Å². The topological polar surface area (TPSA) is 297 Å². The van der Waals surface area contributed by atoms with Crippen LogP contribution in [0.15, 0.2) is 51.2 Å². The number of phenols is 1. The second-order valence-corrected chi connectivity index (χ2v) is 14.8. The van der Waals surface area contributed by atoms with Crippen molar-refractivity contribution >= 4 is 11.0 Å². The van der Waals surface area contributed by atoms with Crippen LogP contribution >= 0.6 is 0 Å². The van der Waals surface area contributed by atoms with Gasteiger partial charge in [-0.3, -0.25) is 4.79 Å². The summed E-state index contributed by atoms with van der Waals surface area (Å²) in [7, 11) is 1.45. The van der Waals surface area contributed by atoms with Gasteiger partial charge in [0.1, 0.15) is 83.2 Å². The first-order chi connectivity index (χ1) is 27.5. The second kappa shape index (κ2) is 17.7. The second-order valence-electron chi connectivity index (χ2n) is 14.8. The number of fused-ring (bicyclic) bond motifs is 1. The molecule has 4 heterocycles. The van der Waals surface area contributed by atoms with E-state index in [0.717, 1.165) is 11.6 Å². The van der Waals surface area contributed by atoms with Crippen LogP contribution in [-0.4, -0.2) is 157 Å². The Bertz CT molecular complexity index is 1980. The van der Waals surface area contributed by atoms with Gasteiger partial charge in [0, 0.05) is 17.2 Å². The van der Waals surface area contributed by atoms with Crippen LogP contribution in [0.1, 0.15) is 33.3 Å². The van der Waals surface area contributed by atoms with Gasteiger partial charge in [-0.05, 0) is 58.4 Å². The predicted octanol–water partition coefficient (Wildman–Crippen LogP) is -1.08. The van der Waals surface area contributed by atoms with Crippen LogP contribution in [0.4, 0.5) is 0 Å². The van der Waals surface area contributed by atoms with Crippen molar-refractivity contribution in [1.29, 1.82) is 0 Å². The zero-order valence-electron chi connectivity index (χ0n) is 32.2. The van der Waals surface area contributed by atoms with Crippen molar-refractivity contribution < 1.29 is 88.6 Å². The average Bonchev–Trinajstić information content (AvgIpc) is 3.20. The van der Waals surface area contributed by atoms with Crippen molar-refractivity contribution in [2.75, 3.05) is 13.7 Å². The number of methoxy groups -OCH3 is 1. The maximum absolute atomic E-state index is 14.7. The fourth-order valence-corrected chi connectivity index (χ4v) is 6.93. The summed E-state index contributed by atoms with van der Waals surface area (Å²) in [6.45, 7) is 5.71. The normalized spacial score (nSPS) is 35.4. The van der Waals surface area contributed by atoms with E-state index in [1.165, 1.54) is 33.1 Å². The third kappa shape index (κ3) is 8.41. The van der Waals surface area contributed by atoms with Gasteiger partial charge in [0.2, 0.25) is 23.8 Å². The monoisotopic (exact) mass is 822 g/mol. The molecule has 0 bridgehead atoms. The van der Waals surface area contributed by atoms with Crippen molar-refractivity contribution in [3.05, 3.63) is 57.8 Å². The SMILES string of the molecule is COc1ccc(-c2oc3c(CC=C(C)C)c(OC4O[C@H](CO)[C@@H](O)[C@H](O)[C@H]4O)cc(O)c3c(=O)c2O[C@@H]2O[C@@H](C)[C@H](O)[C@@H](O)[C@H]2O[C@@H]2O[C@@H](C)[C@H](O)[C@@H](O)[C@H]2O)cc1. The summed E-state index contributed by atoms with van der Waals surface area (Å²) in [6, 6.07) is 7.27. The molecule has 19 heteroatoms. The number of aliphatic hydroxyl groups is 9. The van der Waals surface area contributed by atoms with Crippen LogP contribution < -0.4 is 19.6 Å². The molecule has 320 valence electrons. The Hall–Kier alpha value is -3.93. The Morgan fingerprint density at radius 2 is 1.36 bits per heavy atom. The Balaban J connectivity index is 1.50. The van der Waals surface area contributed by atoms with Crippen LogP contribution in [0.5, 0.6) is 23.0 Å². The standard InChI is InChI=1S/C39H50O19/c1-14(2)6-11-19-21(54-38-32(50)29(47)26(44)22(13-40)55-38)12-20(41)23-27(45)35(33(56-34(19)23)17-7-9-18(51-5)10-8-17)57-39-36(30(48)25(43)16(4)53-39)58-37-31(49)28(46)24(42)15(3)52-37/h6-10,12,15-16,22,24-26,28-32,36-44,46-50H,11,13H2,1-5H3/t15-,16-,22+,24-,25-,26+,28+,29-,30+,31+,32+,36+,37-,38?,39-/m0/s1. The van der Waals surface area contributed by atoms with E-state index in [-0.39, 0.29) is 34.6 Å². The predicted molar refractivity (Wildman–Crippen MR) is 198 cm³/mol. The van der Waals surface area contributed by atoms with Gasteiger partial charge in [-0.25, -0.2) is 0 Å². The molecule has 2 aromatic carbocycles. The molecule has 0 spiro atoms. The number of rotatable bonds is 11. The number of hydrogen-bond acceptors (Lipinski definition) is 19. The number of aromatic hydroxyl groups is 1. The molecule has 6 rings (SSSR count). The molecule has 0 aliphatic carbocycles. The number of ether oxygens (including phenoxy) is 7. The van der Waals surface area contributed by atoms with E-state index in [9.17, 15) is 55.9 Å². The summed E-state index contributed by atoms with van der Waals surface area (Å²) in [5, 5.41) is 106. The largest absolute Gasteiger partial charge is 0.507 e. The molecule has 3 saturated heterocycles. The summed E-state index contributed by atoms with van der Waals surface area (Å²) in [4.78, 5) is 14.7. The molecule has 10 N–H and O–H groups in total. The highest BCUT2D eigenvalue weighted by Crippen LogP contribution is 2.42. The van der Waals surface area contributed by atoms with Crippen LogP contribution in [-0.2, 0) is 25.4 Å². The summed E-state index contributed by atoms with van der Waals surface area (Å²) in [6.07, 6.45) is -22.2. The molecule has 0 saturated carbocycles. The minimum atomic E-state index is -1.83. The minimum Gasteiger partial charge on any atom is -0.507 e. The first kappa shape index (κ1) is 43.6. The Kier molecular flexibility index (Phi) is 13.3. The van der Waals surface area contributed by atoms with Crippen molar-refractivity contribution in [2.24, 2.45) is 0 Å². The summed E-state index contributed by atoms with van der Waals surface area (Å²) < 4.78 is 46.9. The minimum absolute atomic E-state index is 0.0169. The molecule has 0 radical (unpaired) electrons. The molecule has 1 aromatic heterocycles. The van der Waals surface area contributed by atoms with Crippen molar-refractivity contribution in [3.63, 3.8) is 0 Å². The van der Waals surface area contributed by atoms with Gasteiger partial charge in [0.25, 0.3) is 0 Å². The Morgan fingerprint density at radius 3 is 1.98 bits per heavy atom. The zero-order chi connectivity index (χ0) is 42.3. The molecule has 3 aliphatic heterocycles. The molecule has 3 fully saturated rings. The molecule has 3 aliphatic rings. The first-order valence-electron chi connectivity index (χ1n) is 18.6. The van der Waals surface area contributed by atoms with Gasteiger partial charge in [-0.2, -0.15) is 0 Å². The lowest BCUT2D eigenvalue weighted by Gasteiger charge is -2.45. The molecular formula is C39H50O19. The van der Waals surface area contributed by atoms with Crippen molar-refractivity contribution in [3.8, 4) is 34.3 Å². The summed E-state index contributed by atoms with van der Waals surface area (Å²) in [5.41, 5.74) is 0.0592. The highest BCUT2D eigenvalue weighted by Gasteiger charge is 2.51. The number of benzene rings is 2. The van der Waals surface area contributed by atoms with Gasteiger partial charge in [0.05, 0.1) is 25.9 Å². The number of phenolic OH excluding ortho intramolecular Hbond substituents is 1. The van der Waals surface area contributed by atoms with Crippen LogP contribution in [0.2, 0.25) is 0 Å². The molecule has 19 nitrogen and oxygen atoms in total. The quantitative estimate of drug-likeness (QED) is 0.103. The molecule has 3 aromatic rings. The van der Waals surface area contributed by atoms with Gasteiger partial charge < -0.3 is 88.6 Å².